The first-order valence-electron chi connectivity index (χ1n) is 10.4. The Bertz CT molecular complexity index is 235. The molecule has 1 fully saturated rings. The molecular formula is C21H43N. The smallest absolute Gasteiger partial charge is 0.000802 e. The average molecular weight is 310 g/mol. The molecule has 132 valence electrons. The van der Waals surface area contributed by atoms with Crippen LogP contribution in [0.3, 0.4) is 0 Å². The van der Waals surface area contributed by atoms with Crippen molar-refractivity contribution in [3.63, 3.8) is 0 Å². The first-order valence-corrected chi connectivity index (χ1v) is 10.4. The van der Waals surface area contributed by atoms with Gasteiger partial charge in [-0.25, -0.2) is 0 Å². The number of nitrogens with one attached hydrogen (secondary N) is 1. The molecule has 1 aliphatic heterocycles. The van der Waals surface area contributed by atoms with Crippen LogP contribution in [-0.4, -0.2) is 13.1 Å². The van der Waals surface area contributed by atoms with Crippen LogP contribution in [-0.2, 0) is 0 Å². The van der Waals surface area contributed by atoms with Crippen LogP contribution in [0, 0.1) is 17.3 Å². The fraction of sp³-hybridized carbons (Fsp3) is 1.00. The van der Waals surface area contributed by atoms with Gasteiger partial charge in [0, 0.05) is 6.54 Å². The molecule has 1 saturated heterocycles. The third kappa shape index (κ3) is 7.02. The van der Waals surface area contributed by atoms with E-state index in [1.54, 1.807) is 0 Å². The van der Waals surface area contributed by atoms with E-state index < -0.39 is 0 Å². The molecule has 2 unspecified atom stereocenters. The lowest BCUT2D eigenvalue weighted by atomic mass is 9.67. The predicted molar refractivity (Wildman–Crippen MR) is 100 cm³/mol. The SMILES string of the molecule is CCCCC(CC)CC1(CC(CC)CCCC)CCCNC1. The van der Waals surface area contributed by atoms with Crippen LogP contribution >= 0.6 is 0 Å². The van der Waals surface area contributed by atoms with E-state index in [0.717, 1.165) is 11.8 Å². The zero-order chi connectivity index (χ0) is 16.3. The number of unbranched alkanes of at least 4 members (excludes halogenated alkanes) is 2. The van der Waals surface area contributed by atoms with E-state index in [2.05, 4.69) is 33.0 Å². The van der Waals surface area contributed by atoms with Gasteiger partial charge in [-0.3, -0.25) is 0 Å². The molecule has 1 heterocycles. The lowest BCUT2D eigenvalue weighted by Gasteiger charge is -2.42. The Morgan fingerprint density at radius 1 is 0.864 bits per heavy atom. The van der Waals surface area contributed by atoms with Gasteiger partial charge >= 0.3 is 0 Å². The minimum absolute atomic E-state index is 0.612. The molecule has 1 N–H and O–H groups in total. The van der Waals surface area contributed by atoms with Crippen LogP contribution in [0.25, 0.3) is 0 Å². The molecule has 1 nitrogen and oxygen atoms in total. The molecule has 1 aliphatic rings. The average Bonchev–Trinajstić information content (AvgIpc) is 2.56. The Morgan fingerprint density at radius 3 is 1.77 bits per heavy atom. The van der Waals surface area contributed by atoms with Gasteiger partial charge in [0.05, 0.1) is 0 Å². The summed E-state index contributed by atoms with van der Waals surface area (Å²) in [6, 6.07) is 0. The third-order valence-electron chi connectivity index (χ3n) is 6.09. The van der Waals surface area contributed by atoms with Crippen molar-refractivity contribution >= 4 is 0 Å². The molecule has 0 saturated carbocycles. The molecule has 0 bridgehead atoms. The summed E-state index contributed by atoms with van der Waals surface area (Å²) in [6.07, 6.45) is 17.1. The summed E-state index contributed by atoms with van der Waals surface area (Å²) in [5, 5.41) is 3.75. The van der Waals surface area contributed by atoms with Crippen LogP contribution in [0.5, 0.6) is 0 Å². The zero-order valence-corrected chi connectivity index (χ0v) is 16.1. The summed E-state index contributed by atoms with van der Waals surface area (Å²) in [7, 11) is 0. The van der Waals surface area contributed by atoms with Crippen molar-refractivity contribution in [1.82, 2.24) is 5.32 Å². The fourth-order valence-electron chi connectivity index (χ4n) is 4.57. The highest BCUT2D eigenvalue weighted by molar-refractivity contribution is 4.89. The van der Waals surface area contributed by atoms with Gasteiger partial charge in [0.1, 0.15) is 0 Å². The molecule has 22 heavy (non-hydrogen) atoms. The largest absolute Gasteiger partial charge is 0.316 e. The molecule has 2 atom stereocenters. The summed E-state index contributed by atoms with van der Waals surface area (Å²) in [5.74, 6) is 1.92. The molecule has 0 aromatic carbocycles. The maximum atomic E-state index is 3.75. The van der Waals surface area contributed by atoms with E-state index >= 15 is 0 Å². The van der Waals surface area contributed by atoms with Crippen molar-refractivity contribution < 1.29 is 0 Å². The topological polar surface area (TPSA) is 12.0 Å². The molecule has 0 amide bonds. The minimum Gasteiger partial charge on any atom is -0.316 e. The van der Waals surface area contributed by atoms with Crippen LogP contribution in [0.1, 0.15) is 105 Å². The van der Waals surface area contributed by atoms with Crippen LogP contribution in [0.2, 0.25) is 0 Å². The minimum atomic E-state index is 0.612. The quantitative estimate of drug-likeness (QED) is 0.430. The summed E-state index contributed by atoms with van der Waals surface area (Å²) in [5.41, 5.74) is 0.612. The number of hydrogen-bond donors (Lipinski definition) is 1. The van der Waals surface area contributed by atoms with E-state index in [4.69, 9.17) is 0 Å². The molecule has 1 rings (SSSR count). The number of hydrogen-bond acceptors (Lipinski definition) is 1. The Hall–Kier alpha value is -0.0400. The van der Waals surface area contributed by atoms with E-state index in [1.807, 2.05) is 0 Å². The normalized spacial score (nSPS) is 25.1. The summed E-state index contributed by atoms with van der Waals surface area (Å²) < 4.78 is 0. The van der Waals surface area contributed by atoms with Crippen molar-refractivity contribution in [3.05, 3.63) is 0 Å². The molecule has 0 aliphatic carbocycles. The van der Waals surface area contributed by atoms with Crippen LogP contribution in [0.4, 0.5) is 0 Å². The fourth-order valence-corrected chi connectivity index (χ4v) is 4.57. The van der Waals surface area contributed by atoms with E-state index in [0.29, 0.717) is 5.41 Å². The predicted octanol–water partition coefficient (Wildman–Crippen LogP) is 6.57. The standard InChI is InChI=1S/C21H43N/c1-5-9-12-19(7-3)16-21(14-11-15-22-18-21)17-20(8-4)13-10-6-2/h19-20,22H,5-18H2,1-4H3. The van der Waals surface area contributed by atoms with E-state index in [1.165, 1.54) is 90.1 Å². The van der Waals surface area contributed by atoms with Gasteiger partial charge < -0.3 is 5.32 Å². The maximum Gasteiger partial charge on any atom is 0.000802 e. The van der Waals surface area contributed by atoms with Gasteiger partial charge in [0.15, 0.2) is 0 Å². The second kappa shape index (κ2) is 11.5. The maximum absolute atomic E-state index is 3.75. The Kier molecular flexibility index (Phi) is 10.4. The van der Waals surface area contributed by atoms with Crippen molar-refractivity contribution in [3.8, 4) is 0 Å². The Balaban J connectivity index is 2.66. The molecule has 0 aromatic heterocycles. The summed E-state index contributed by atoms with van der Waals surface area (Å²) in [6.45, 7) is 12.0. The summed E-state index contributed by atoms with van der Waals surface area (Å²) >= 11 is 0. The van der Waals surface area contributed by atoms with Crippen molar-refractivity contribution in [2.45, 2.75) is 105 Å². The van der Waals surface area contributed by atoms with Crippen molar-refractivity contribution in [1.29, 1.82) is 0 Å². The highest BCUT2D eigenvalue weighted by atomic mass is 14.9. The molecule has 0 radical (unpaired) electrons. The molecule has 0 spiro atoms. The van der Waals surface area contributed by atoms with E-state index in [-0.39, 0.29) is 0 Å². The third-order valence-corrected chi connectivity index (χ3v) is 6.09. The van der Waals surface area contributed by atoms with Crippen molar-refractivity contribution in [2.24, 2.45) is 17.3 Å². The van der Waals surface area contributed by atoms with Crippen LogP contribution in [0.15, 0.2) is 0 Å². The second-order valence-electron chi connectivity index (χ2n) is 8.02. The zero-order valence-electron chi connectivity index (χ0n) is 16.1. The Labute approximate surface area is 141 Å². The highest BCUT2D eigenvalue weighted by Gasteiger charge is 2.35. The molecule has 0 aromatic rings. The second-order valence-corrected chi connectivity index (χ2v) is 8.02. The van der Waals surface area contributed by atoms with Gasteiger partial charge in [0.2, 0.25) is 0 Å². The lowest BCUT2D eigenvalue weighted by Crippen LogP contribution is -2.42. The molecular weight excluding hydrogens is 266 g/mol. The highest BCUT2D eigenvalue weighted by Crippen LogP contribution is 2.42. The monoisotopic (exact) mass is 309 g/mol. The van der Waals surface area contributed by atoms with Crippen molar-refractivity contribution in [2.75, 3.05) is 13.1 Å². The van der Waals surface area contributed by atoms with Gasteiger partial charge in [0.25, 0.3) is 0 Å². The number of piperidine rings is 1. The van der Waals surface area contributed by atoms with Crippen LogP contribution < -0.4 is 5.32 Å². The Morgan fingerprint density at radius 2 is 1.41 bits per heavy atom. The van der Waals surface area contributed by atoms with E-state index in [9.17, 15) is 0 Å². The van der Waals surface area contributed by atoms with Gasteiger partial charge in [-0.05, 0) is 49.5 Å². The number of rotatable bonds is 12. The first kappa shape index (κ1) is 20.0. The van der Waals surface area contributed by atoms with Gasteiger partial charge in [-0.15, -0.1) is 0 Å². The molecule has 1 heteroatoms. The van der Waals surface area contributed by atoms with Gasteiger partial charge in [-0.1, -0.05) is 79.1 Å². The van der Waals surface area contributed by atoms with Gasteiger partial charge in [-0.2, -0.15) is 0 Å². The summed E-state index contributed by atoms with van der Waals surface area (Å²) in [4.78, 5) is 0. The first-order chi connectivity index (χ1) is 10.7. The lowest BCUT2D eigenvalue weighted by molar-refractivity contribution is 0.108.